The second kappa shape index (κ2) is 6.37. The molecule has 0 radical (unpaired) electrons. The van der Waals surface area contributed by atoms with Crippen molar-refractivity contribution in [2.45, 2.75) is 0 Å². The number of nitrogens with zero attached hydrogens (tertiary/aromatic N) is 1. The van der Waals surface area contributed by atoms with Crippen LogP contribution >= 0.6 is 11.3 Å². The van der Waals surface area contributed by atoms with Crippen LogP contribution in [0.25, 0.3) is 20.8 Å². The summed E-state index contributed by atoms with van der Waals surface area (Å²) in [7, 11) is 2.82. The maximum absolute atomic E-state index is 14.2. The van der Waals surface area contributed by atoms with Gasteiger partial charge in [-0.1, -0.05) is 0 Å². The molecule has 0 saturated carbocycles. The fourth-order valence-corrected chi connectivity index (χ4v) is 3.23. The Morgan fingerprint density at radius 1 is 1.17 bits per heavy atom. The first-order valence-corrected chi connectivity index (χ1v) is 7.86. The first-order valence-electron chi connectivity index (χ1n) is 7.04. The predicted octanol–water partition coefficient (Wildman–Crippen LogP) is 3.25. The SMILES string of the molecule is CNC(=O)c1ccc(F)c(-c2nc3cc(C(=O)OC)ccc3s2)c1. The van der Waals surface area contributed by atoms with Gasteiger partial charge in [0.25, 0.3) is 5.91 Å². The summed E-state index contributed by atoms with van der Waals surface area (Å²) in [5, 5.41) is 2.94. The number of ether oxygens (including phenoxy) is 1. The summed E-state index contributed by atoms with van der Waals surface area (Å²) in [6.45, 7) is 0. The highest BCUT2D eigenvalue weighted by Gasteiger charge is 2.15. The topological polar surface area (TPSA) is 68.3 Å². The lowest BCUT2D eigenvalue weighted by Crippen LogP contribution is -2.17. The van der Waals surface area contributed by atoms with E-state index in [1.54, 1.807) is 18.2 Å². The lowest BCUT2D eigenvalue weighted by Gasteiger charge is -2.03. The van der Waals surface area contributed by atoms with E-state index in [0.717, 1.165) is 4.70 Å². The van der Waals surface area contributed by atoms with Crippen LogP contribution < -0.4 is 5.32 Å². The number of aromatic nitrogens is 1. The highest BCUT2D eigenvalue weighted by atomic mass is 32.1. The van der Waals surface area contributed by atoms with E-state index in [-0.39, 0.29) is 11.5 Å². The zero-order chi connectivity index (χ0) is 17.3. The third kappa shape index (κ3) is 2.85. The van der Waals surface area contributed by atoms with Gasteiger partial charge < -0.3 is 10.1 Å². The van der Waals surface area contributed by atoms with Crippen molar-refractivity contribution in [1.29, 1.82) is 0 Å². The van der Waals surface area contributed by atoms with Crippen molar-refractivity contribution in [2.75, 3.05) is 14.2 Å². The van der Waals surface area contributed by atoms with Gasteiger partial charge in [-0.2, -0.15) is 0 Å². The van der Waals surface area contributed by atoms with Crippen LogP contribution in [-0.2, 0) is 4.74 Å². The summed E-state index contributed by atoms with van der Waals surface area (Å²) in [5.74, 6) is -1.22. The third-order valence-corrected chi connectivity index (χ3v) is 4.56. The van der Waals surface area contributed by atoms with Crippen LogP contribution in [0.1, 0.15) is 20.7 Å². The molecule has 7 heteroatoms. The number of thiazole rings is 1. The number of nitrogens with one attached hydrogen (secondary N) is 1. The van der Waals surface area contributed by atoms with Gasteiger partial charge >= 0.3 is 5.97 Å². The Morgan fingerprint density at radius 2 is 1.92 bits per heavy atom. The van der Waals surface area contributed by atoms with E-state index in [1.165, 1.54) is 43.7 Å². The van der Waals surface area contributed by atoms with Crippen molar-refractivity contribution >= 4 is 33.4 Å². The Labute approximate surface area is 141 Å². The summed E-state index contributed by atoms with van der Waals surface area (Å²) in [6.07, 6.45) is 0. The third-order valence-electron chi connectivity index (χ3n) is 3.49. The lowest BCUT2D eigenvalue weighted by molar-refractivity contribution is 0.0600. The number of hydrogen-bond acceptors (Lipinski definition) is 5. The Bertz CT molecular complexity index is 952. The molecule has 1 aromatic heterocycles. The quantitative estimate of drug-likeness (QED) is 0.741. The summed E-state index contributed by atoms with van der Waals surface area (Å²) < 4.78 is 19.7. The Kier molecular flexibility index (Phi) is 4.26. The molecule has 1 heterocycles. The summed E-state index contributed by atoms with van der Waals surface area (Å²) in [5.41, 5.74) is 1.55. The monoisotopic (exact) mass is 344 g/mol. The largest absolute Gasteiger partial charge is 0.465 e. The first-order chi connectivity index (χ1) is 11.5. The van der Waals surface area contributed by atoms with Gasteiger partial charge in [-0.25, -0.2) is 14.2 Å². The number of carbonyl (C=O) groups excluding carboxylic acids is 2. The zero-order valence-corrected chi connectivity index (χ0v) is 13.7. The Morgan fingerprint density at radius 3 is 2.62 bits per heavy atom. The standard InChI is InChI=1S/C17H13FN2O3S/c1-19-15(21)9-3-5-12(18)11(7-9)16-20-13-8-10(17(22)23-2)4-6-14(13)24-16/h3-8H,1-2H3,(H,19,21). The zero-order valence-electron chi connectivity index (χ0n) is 12.9. The first kappa shape index (κ1) is 16.1. The smallest absolute Gasteiger partial charge is 0.337 e. The molecule has 24 heavy (non-hydrogen) atoms. The molecule has 1 N–H and O–H groups in total. The fraction of sp³-hybridized carbons (Fsp3) is 0.118. The number of rotatable bonds is 3. The number of esters is 1. The van der Waals surface area contributed by atoms with Gasteiger partial charge in [-0.3, -0.25) is 4.79 Å². The van der Waals surface area contributed by atoms with Gasteiger partial charge in [-0.15, -0.1) is 11.3 Å². The van der Waals surface area contributed by atoms with Crippen molar-refractivity contribution in [1.82, 2.24) is 10.3 Å². The second-order valence-corrected chi connectivity index (χ2v) is 6.00. The normalized spacial score (nSPS) is 10.6. The van der Waals surface area contributed by atoms with Gasteiger partial charge in [-0.05, 0) is 36.4 Å². The summed E-state index contributed by atoms with van der Waals surface area (Å²) in [4.78, 5) is 27.7. The van der Waals surface area contributed by atoms with E-state index in [0.29, 0.717) is 21.7 Å². The maximum atomic E-state index is 14.2. The average molecular weight is 344 g/mol. The van der Waals surface area contributed by atoms with Crippen LogP contribution in [0.3, 0.4) is 0 Å². The number of fused-ring (bicyclic) bond motifs is 1. The van der Waals surface area contributed by atoms with Gasteiger partial charge in [0.05, 0.1) is 22.9 Å². The molecule has 0 fully saturated rings. The number of carbonyl (C=O) groups is 2. The Hall–Kier alpha value is -2.80. The highest BCUT2D eigenvalue weighted by Crippen LogP contribution is 2.32. The van der Waals surface area contributed by atoms with Crippen LogP contribution in [0.15, 0.2) is 36.4 Å². The van der Waals surface area contributed by atoms with Crippen molar-refractivity contribution in [3.05, 3.63) is 53.3 Å². The second-order valence-electron chi connectivity index (χ2n) is 4.97. The van der Waals surface area contributed by atoms with E-state index >= 15 is 0 Å². The highest BCUT2D eigenvalue weighted by molar-refractivity contribution is 7.21. The molecule has 122 valence electrons. The molecule has 0 bridgehead atoms. The minimum atomic E-state index is -0.463. The van der Waals surface area contributed by atoms with Crippen molar-refractivity contribution in [3.63, 3.8) is 0 Å². The van der Waals surface area contributed by atoms with E-state index in [9.17, 15) is 14.0 Å². The number of methoxy groups -OCH3 is 1. The van der Waals surface area contributed by atoms with Crippen LogP contribution in [-0.4, -0.2) is 31.0 Å². The van der Waals surface area contributed by atoms with Crippen LogP contribution in [0.5, 0.6) is 0 Å². The molecule has 0 aliphatic carbocycles. The molecule has 0 saturated heterocycles. The number of hydrogen-bond donors (Lipinski definition) is 1. The fourth-order valence-electron chi connectivity index (χ4n) is 2.26. The minimum absolute atomic E-state index is 0.247. The molecule has 2 aromatic carbocycles. The number of halogens is 1. The molecule has 5 nitrogen and oxygen atoms in total. The molecule has 3 rings (SSSR count). The van der Waals surface area contributed by atoms with E-state index in [2.05, 4.69) is 15.0 Å². The molecule has 0 aliphatic rings. The number of benzene rings is 2. The summed E-state index contributed by atoms with van der Waals surface area (Å²) >= 11 is 1.29. The van der Waals surface area contributed by atoms with Gasteiger partial charge in [0.2, 0.25) is 0 Å². The maximum Gasteiger partial charge on any atom is 0.337 e. The van der Waals surface area contributed by atoms with Crippen molar-refractivity contribution in [3.8, 4) is 10.6 Å². The van der Waals surface area contributed by atoms with E-state index in [1.807, 2.05) is 0 Å². The van der Waals surface area contributed by atoms with Crippen molar-refractivity contribution in [2.24, 2.45) is 0 Å². The van der Waals surface area contributed by atoms with E-state index < -0.39 is 11.8 Å². The predicted molar refractivity (Wildman–Crippen MR) is 89.7 cm³/mol. The molecule has 0 unspecified atom stereocenters. The van der Waals surface area contributed by atoms with Crippen molar-refractivity contribution < 1.29 is 18.7 Å². The molecule has 1 amide bonds. The molecule has 0 aliphatic heterocycles. The average Bonchev–Trinajstić information content (AvgIpc) is 3.03. The molecule has 3 aromatic rings. The van der Waals surface area contributed by atoms with Gasteiger partial charge in [0.1, 0.15) is 10.8 Å². The van der Waals surface area contributed by atoms with Crippen LogP contribution in [0, 0.1) is 5.82 Å². The van der Waals surface area contributed by atoms with Gasteiger partial charge in [0.15, 0.2) is 0 Å². The van der Waals surface area contributed by atoms with Crippen LogP contribution in [0.4, 0.5) is 4.39 Å². The molecule has 0 atom stereocenters. The van der Waals surface area contributed by atoms with Crippen LogP contribution in [0.2, 0.25) is 0 Å². The lowest BCUT2D eigenvalue weighted by atomic mass is 10.1. The van der Waals surface area contributed by atoms with Gasteiger partial charge in [0, 0.05) is 18.2 Å². The molecular formula is C17H13FN2O3S. The van der Waals surface area contributed by atoms with E-state index in [4.69, 9.17) is 0 Å². The molecular weight excluding hydrogens is 331 g/mol. The minimum Gasteiger partial charge on any atom is -0.465 e. The summed E-state index contributed by atoms with van der Waals surface area (Å²) in [6, 6.07) is 9.09. The molecule has 0 spiro atoms. The Balaban J connectivity index is 2.09. The number of amides is 1.